The van der Waals surface area contributed by atoms with E-state index in [0.717, 1.165) is 18.0 Å². The van der Waals surface area contributed by atoms with Crippen LogP contribution in [0.2, 0.25) is 0 Å². The van der Waals surface area contributed by atoms with Gasteiger partial charge in [-0.25, -0.2) is 0 Å². The summed E-state index contributed by atoms with van der Waals surface area (Å²) in [6, 6.07) is 6.52. The summed E-state index contributed by atoms with van der Waals surface area (Å²) in [5, 5.41) is 3.44. The summed E-state index contributed by atoms with van der Waals surface area (Å²) in [4.78, 5) is 2.57. The number of benzene rings is 1. The zero-order chi connectivity index (χ0) is 15.1. The summed E-state index contributed by atoms with van der Waals surface area (Å²) in [5.74, 6) is 1.58. The van der Waals surface area contributed by atoms with Gasteiger partial charge in [-0.05, 0) is 50.7 Å². The van der Waals surface area contributed by atoms with Gasteiger partial charge in [-0.2, -0.15) is 0 Å². The third kappa shape index (κ3) is 4.35. The van der Waals surface area contributed by atoms with E-state index in [-0.39, 0.29) is 0 Å². The zero-order valence-electron chi connectivity index (χ0n) is 13.5. The highest BCUT2D eigenvalue weighted by Gasteiger charge is 2.17. The van der Waals surface area contributed by atoms with Gasteiger partial charge in [0.1, 0.15) is 0 Å². The number of hydrogen-bond donors (Lipinski definition) is 1. The van der Waals surface area contributed by atoms with Gasteiger partial charge >= 0.3 is 0 Å². The molecule has 0 aromatic heterocycles. The average molecular weight is 292 g/mol. The zero-order valence-corrected chi connectivity index (χ0v) is 13.5. The van der Waals surface area contributed by atoms with Gasteiger partial charge in [0.2, 0.25) is 0 Å². The van der Waals surface area contributed by atoms with Crippen LogP contribution in [0.3, 0.4) is 0 Å². The Labute approximate surface area is 128 Å². The molecule has 0 saturated carbocycles. The Hall–Kier alpha value is -1.26. The molecule has 1 saturated heterocycles. The van der Waals surface area contributed by atoms with Crippen molar-refractivity contribution in [3.8, 4) is 11.5 Å². The van der Waals surface area contributed by atoms with Crippen molar-refractivity contribution in [1.29, 1.82) is 0 Å². The lowest BCUT2D eigenvalue weighted by Gasteiger charge is -2.26. The fraction of sp³-hybridized carbons (Fsp3) is 0.647. The van der Waals surface area contributed by atoms with Crippen LogP contribution in [-0.4, -0.2) is 45.8 Å². The van der Waals surface area contributed by atoms with Gasteiger partial charge in [0.25, 0.3) is 0 Å². The van der Waals surface area contributed by atoms with Gasteiger partial charge in [0, 0.05) is 12.6 Å². The summed E-state index contributed by atoms with van der Waals surface area (Å²) in [6.45, 7) is 3.48. The molecule has 1 aliphatic rings. The minimum atomic E-state index is 0.322. The van der Waals surface area contributed by atoms with E-state index >= 15 is 0 Å². The molecule has 1 N–H and O–H groups in total. The lowest BCUT2D eigenvalue weighted by atomic mass is 10.1. The Morgan fingerprint density at radius 3 is 2.29 bits per heavy atom. The topological polar surface area (TPSA) is 33.7 Å². The fourth-order valence-electron chi connectivity index (χ4n) is 3.01. The number of nitrogens with one attached hydrogen (secondary N) is 1. The van der Waals surface area contributed by atoms with Crippen LogP contribution in [0.15, 0.2) is 18.2 Å². The first-order chi connectivity index (χ1) is 10.3. The van der Waals surface area contributed by atoms with Crippen molar-refractivity contribution in [3.63, 3.8) is 0 Å². The van der Waals surface area contributed by atoms with Crippen LogP contribution >= 0.6 is 0 Å². The Bertz CT molecular complexity index is 429. The largest absolute Gasteiger partial charge is 0.493 e. The van der Waals surface area contributed by atoms with E-state index in [1.807, 2.05) is 13.1 Å². The number of methoxy groups -OCH3 is 2. The number of likely N-dealkylation sites (N-methyl/N-ethyl adjacent to an activating group) is 1. The highest BCUT2D eigenvalue weighted by molar-refractivity contribution is 5.43. The Balaban J connectivity index is 2.09. The molecule has 118 valence electrons. The first kappa shape index (κ1) is 16.1. The van der Waals surface area contributed by atoms with Crippen molar-refractivity contribution in [2.75, 3.05) is 40.9 Å². The number of ether oxygens (including phenoxy) is 2. The van der Waals surface area contributed by atoms with Crippen LogP contribution in [0.1, 0.15) is 37.3 Å². The third-order valence-corrected chi connectivity index (χ3v) is 4.30. The minimum absolute atomic E-state index is 0.322. The van der Waals surface area contributed by atoms with E-state index in [1.165, 1.54) is 44.3 Å². The van der Waals surface area contributed by atoms with E-state index in [9.17, 15) is 0 Å². The molecule has 1 aliphatic heterocycles. The molecule has 1 atom stereocenters. The monoisotopic (exact) mass is 292 g/mol. The van der Waals surface area contributed by atoms with Crippen molar-refractivity contribution < 1.29 is 9.47 Å². The molecule has 2 rings (SSSR count). The number of hydrogen-bond acceptors (Lipinski definition) is 4. The predicted octanol–water partition coefficient (Wildman–Crippen LogP) is 2.84. The molecule has 0 bridgehead atoms. The van der Waals surface area contributed by atoms with Crippen LogP contribution in [-0.2, 0) is 0 Å². The molecule has 1 heterocycles. The van der Waals surface area contributed by atoms with Crippen molar-refractivity contribution in [2.45, 2.75) is 31.7 Å². The fourth-order valence-corrected chi connectivity index (χ4v) is 3.01. The van der Waals surface area contributed by atoms with Gasteiger partial charge in [-0.1, -0.05) is 18.9 Å². The number of nitrogens with zero attached hydrogens (tertiary/aromatic N) is 1. The standard InChI is InChI=1S/C17H28N2O2/c1-18-15(13-19-10-6-4-5-7-11-19)14-8-9-16(20-2)17(12-14)21-3/h8-9,12,15,18H,4-7,10-11,13H2,1-3H3. The second-order valence-electron chi connectivity index (χ2n) is 5.67. The number of rotatable bonds is 6. The summed E-state index contributed by atoms with van der Waals surface area (Å²) < 4.78 is 10.7. The maximum absolute atomic E-state index is 5.42. The molecule has 21 heavy (non-hydrogen) atoms. The molecule has 4 heteroatoms. The van der Waals surface area contributed by atoms with Crippen molar-refractivity contribution in [1.82, 2.24) is 10.2 Å². The average Bonchev–Trinajstić information content (AvgIpc) is 2.80. The summed E-state index contributed by atoms with van der Waals surface area (Å²) in [6.07, 6.45) is 5.39. The highest BCUT2D eigenvalue weighted by Crippen LogP contribution is 2.30. The lowest BCUT2D eigenvalue weighted by Crippen LogP contribution is -2.34. The second-order valence-corrected chi connectivity index (χ2v) is 5.67. The summed E-state index contributed by atoms with van der Waals surface area (Å²) >= 11 is 0. The van der Waals surface area contributed by atoms with Crippen LogP contribution < -0.4 is 14.8 Å². The van der Waals surface area contributed by atoms with Crippen LogP contribution in [0.25, 0.3) is 0 Å². The Kier molecular flexibility index (Phi) is 6.33. The molecule has 1 fully saturated rings. The predicted molar refractivity (Wildman–Crippen MR) is 86.3 cm³/mol. The SMILES string of the molecule is CNC(CN1CCCCCC1)c1ccc(OC)c(OC)c1. The molecule has 4 nitrogen and oxygen atoms in total. The summed E-state index contributed by atoms with van der Waals surface area (Å²) in [7, 11) is 5.38. The van der Waals surface area contributed by atoms with Gasteiger partial charge in [-0.3, -0.25) is 0 Å². The maximum atomic E-state index is 5.42. The van der Waals surface area contributed by atoms with E-state index in [1.54, 1.807) is 14.2 Å². The molecule has 0 radical (unpaired) electrons. The van der Waals surface area contributed by atoms with E-state index in [4.69, 9.17) is 9.47 Å². The molecular formula is C17H28N2O2. The van der Waals surface area contributed by atoms with E-state index in [2.05, 4.69) is 22.3 Å². The molecule has 1 aromatic rings. The Morgan fingerprint density at radius 1 is 1.05 bits per heavy atom. The third-order valence-electron chi connectivity index (χ3n) is 4.30. The van der Waals surface area contributed by atoms with Crippen molar-refractivity contribution >= 4 is 0 Å². The van der Waals surface area contributed by atoms with Gasteiger partial charge in [0.05, 0.1) is 14.2 Å². The van der Waals surface area contributed by atoms with E-state index < -0.39 is 0 Å². The maximum Gasteiger partial charge on any atom is 0.161 e. The van der Waals surface area contributed by atoms with Crippen LogP contribution in [0.4, 0.5) is 0 Å². The van der Waals surface area contributed by atoms with Crippen molar-refractivity contribution in [2.24, 2.45) is 0 Å². The molecule has 1 unspecified atom stereocenters. The first-order valence-corrected chi connectivity index (χ1v) is 7.90. The molecule has 0 spiro atoms. The molecule has 0 aliphatic carbocycles. The first-order valence-electron chi connectivity index (χ1n) is 7.90. The van der Waals surface area contributed by atoms with Gasteiger partial charge in [0.15, 0.2) is 11.5 Å². The van der Waals surface area contributed by atoms with Gasteiger partial charge in [-0.15, -0.1) is 0 Å². The number of likely N-dealkylation sites (tertiary alicyclic amines) is 1. The smallest absolute Gasteiger partial charge is 0.161 e. The normalized spacial score (nSPS) is 18.0. The van der Waals surface area contributed by atoms with Crippen LogP contribution in [0.5, 0.6) is 11.5 Å². The molecular weight excluding hydrogens is 264 g/mol. The van der Waals surface area contributed by atoms with E-state index in [0.29, 0.717) is 6.04 Å². The molecule has 1 aromatic carbocycles. The quantitative estimate of drug-likeness (QED) is 0.874. The van der Waals surface area contributed by atoms with Crippen LogP contribution in [0, 0.1) is 0 Å². The van der Waals surface area contributed by atoms with Crippen molar-refractivity contribution in [3.05, 3.63) is 23.8 Å². The Morgan fingerprint density at radius 2 is 1.71 bits per heavy atom. The second kappa shape index (κ2) is 8.25. The molecule has 0 amide bonds. The summed E-state index contributed by atoms with van der Waals surface area (Å²) in [5.41, 5.74) is 1.25. The minimum Gasteiger partial charge on any atom is -0.493 e. The highest BCUT2D eigenvalue weighted by atomic mass is 16.5. The lowest BCUT2D eigenvalue weighted by molar-refractivity contribution is 0.255. The van der Waals surface area contributed by atoms with Gasteiger partial charge < -0.3 is 19.7 Å².